The number of hydrogen-bond acceptors (Lipinski definition) is 5. The maximum absolute atomic E-state index is 5.79. The predicted molar refractivity (Wildman–Crippen MR) is 55.7 cm³/mol. The van der Waals surface area contributed by atoms with Crippen molar-refractivity contribution in [1.82, 2.24) is 10.1 Å². The van der Waals surface area contributed by atoms with E-state index >= 15 is 0 Å². The van der Waals surface area contributed by atoms with Gasteiger partial charge in [-0.3, -0.25) is 0 Å². The standard InChI is InChI=1S/C8H8ClN3OS/c1-5-11-8(13-12-5)10-4-6-2-3-7(9)14-6/h2-3H,4H2,1H3,(H,10,11,12). The molecule has 14 heavy (non-hydrogen) atoms. The van der Waals surface area contributed by atoms with Crippen LogP contribution in [-0.4, -0.2) is 10.1 Å². The number of nitrogens with zero attached hydrogens (tertiary/aromatic N) is 2. The molecule has 2 rings (SSSR count). The Kier molecular flexibility index (Phi) is 2.69. The van der Waals surface area contributed by atoms with Gasteiger partial charge in [-0.15, -0.1) is 11.3 Å². The minimum absolute atomic E-state index is 0.437. The smallest absolute Gasteiger partial charge is 0.321 e. The Bertz CT molecular complexity index is 385. The SMILES string of the molecule is Cc1noc(NCc2ccc(Cl)s2)n1. The molecular formula is C8H8ClN3OS. The number of halogens is 1. The highest BCUT2D eigenvalue weighted by Gasteiger charge is 2.02. The fourth-order valence-corrected chi connectivity index (χ4v) is 2.01. The Morgan fingerprint density at radius 3 is 3.00 bits per heavy atom. The maximum atomic E-state index is 5.79. The molecule has 0 aliphatic heterocycles. The van der Waals surface area contributed by atoms with Crippen LogP contribution in [0, 0.1) is 6.92 Å². The van der Waals surface area contributed by atoms with E-state index in [1.54, 1.807) is 6.92 Å². The molecule has 0 aliphatic carbocycles. The Morgan fingerprint density at radius 1 is 1.57 bits per heavy atom. The molecule has 2 aromatic heterocycles. The third-order valence-electron chi connectivity index (χ3n) is 1.57. The number of nitrogens with one attached hydrogen (secondary N) is 1. The second-order valence-electron chi connectivity index (χ2n) is 2.71. The number of rotatable bonds is 3. The molecule has 0 amide bonds. The van der Waals surface area contributed by atoms with Crippen LogP contribution in [0.2, 0.25) is 4.34 Å². The third-order valence-corrected chi connectivity index (χ3v) is 2.80. The lowest BCUT2D eigenvalue weighted by Crippen LogP contribution is -1.97. The van der Waals surface area contributed by atoms with Gasteiger partial charge >= 0.3 is 6.01 Å². The highest BCUT2D eigenvalue weighted by molar-refractivity contribution is 7.16. The van der Waals surface area contributed by atoms with E-state index in [2.05, 4.69) is 15.5 Å². The summed E-state index contributed by atoms with van der Waals surface area (Å²) in [7, 11) is 0. The maximum Gasteiger partial charge on any atom is 0.321 e. The van der Waals surface area contributed by atoms with Crippen LogP contribution in [0.15, 0.2) is 16.7 Å². The lowest BCUT2D eigenvalue weighted by atomic mass is 10.5. The first-order valence-corrected chi connectivity index (χ1v) is 5.22. The molecular weight excluding hydrogens is 222 g/mol. The van der Waals surface area contributed by atoms with E-state index in [1.165, 1.54) is 11.3 Å². The van der Waals surface area contributed by atoms with Crippen LogP contribution in [0.4, 0.5) is 6.01 Å². The molecule has 4 nitrogen and oxygen atoms in total. The monoisotopic (exact) mass is 229 g/mol. The molecule has 0 aliphatic rings. The van der Waals surface area contributed by atoms with Crippen molar-refractivity contribution < 1.29 is 4.52 Å². The van der Waals surface area contributed by atoms with Gasteiger partial charge in [0.1, 0.15) is 0 Å². The molecule has 0 spiro atoms. The van der Waals surface area contributed by atoms with Crippen molar-refractivity contribution in [3.8, 4) is 0 Å². The molecule has 74 valence electrons. The fraction of sp³-hybridized carbons (Fsp3) is 0.250. The minimum Gasteiger partial charge on any atom is -0.333 e. The Labute approximate surface area is 89.9 Å². The number of aryl methyl sites for hydroxylation is 1. The van der Waals surface area contributed by atoms with Crippen LogP contribution >= 0.6 is 22.9 Å². The molecule has 0 aromatic carbocycles. The summed E-state index contributed by atoms with van der Waals surface area (Å²) in [5.74, 6) is 0.622. The summed E-state index contributed by atoms with van der Waals surface area (Å²) >= 11 is 7.31. The van der Waals surface area contributed by atoms with E-state index in [-0.39, 0.29) is 0 Å². The van der Waals surface area contributed by atoms with Crippen molar-refractivity contribution in [3.05, 3.63) is 27.2 Å². The molecule has 0 saturated carbocycles. The van der Waals surface area contributed by atoms with Crippen LogP contribution in [0.1, 0.15) is 10.7 Å². The molecule has 2 aromatic rings. The molecule has 1 N–H and O–H groups in total. The highest BCUT2D eigenvalue weighted by Crippen LogP contribution is 2.21. The van der Waals surface area contributed by atoms with Crippen molar-refractivity contribution in [2.24, 2.45) is 0 Å². The zero-order chi connectivity index (χ0) is 9.97. The van der Waals surface area contributed by atoms with Gasteiger partial charge in [0.05, 0.1) is 10.9 Å². The third kappa shape index (κ3) is 2.24. The van der Waals surface area contributed by atoms with Crippen molar-refractivity contribution in [2.45, 2.75) is 13.5 Å². The molecule has 0 fully saturated rings. The second kappa shape index (κ2) is 3.98. The van der Waals surface area contributed by atoms with E-state index < -0.39 is 0 Å². The van der Waals surface area contributed by atoms with Crippen molar-refractivity contribution >= 4 is 29.0 Å². The van der Waals surface area contributed by atoms with Gasteiger partial charge in [0.25, 0.3) is 0 Å². The molecule has 0 radical (unpaired) electrons. The average Bonchev–Trinajstić information content (AvgIpc) is 2.72. The van der Waals surface area contributed by atoms with Crippen LogP contribution in [0.25, 0.3) is 0 Å². The quantitative estimate of drug-likeness (QED) is 0.879. The molecule has 0 atom stereocenters. The lowest BCUT2D eigenvalue weighted by Gasteiger charge is -1.95. The normalized spacial score (nSPS) is 10.4. The first-order chi connectivity index (χ1) is 6.74. The van der Waals surface area contributed by atoms with Crippen LogP contribution in [-0.2, 0) is 6.54 Å². The lowest BCUT2D eigenvalue weighted by molar-refractivity contribution is 0.425. The highest BCUT2D eigenvalue weighted by atomic mass is 35.5. The van der Waals surface area contributed by atoms with Crippen LogP contribution < -0.4 is 5.32 Å². The molecule has 2 heterocycles. The van der Waals surface area contributed by atoms with Crippen molar-refractivity contribution in [3.63, 3.8) is 0 Å². The van der Waals surface area contributed by atoms with Gasteiger partial charge < -0.3 is 9.84 Å². The van der Waals surface area contributed by atoms with E-state index in [4.69, 9.17) is 16.1 Å². The van der Waals surface area contributed by atoms with Gasteiger partial charge in [0.2, 0.25) is 0 Å². The topological polar surface area (TPSA) is 51.0 Å². The summed E-state index contributed by atoms with van der Waals surface area (Å²) in [6.45, 7) is 2.43. The average molecular weight is 230 g/mol. The summed E-state index contributed by atoms with van der Waals surface area (Å²) in [5, 5.41) is 6.67. The predicted octanol–water partition coefficient (Wildman–Crippen LogP) is 2.71. The Morgan fingerprint density at radius 2 is 2.43 bits per heavy atom. The number of hydrogen-bond donors (Lipinski definition) is 1. The minimum atomic E-state index is 0.437. The molecule has 6 heteroatoms. The molecule has 0 unspecified atom stereocenters. The van der Waals surface area contributed by atoms with E-state index in [0.717, 1.165) is 9.21 Å². The summed E-state index contributed by atoms with van der Waals surface area (Å²) < 4.78 is 5.67. The summed E-state index contributed by atoms with van der Waals surface area (Å²) in [4.78, 5) is 5.15. The number of anilines is 1. The Hall–Kier alpha value is -1.07. The fourth-order valence-electron chi connectivity index (χ4n) is 0.978. The van der Waals surface area contributed by atoms with Gasteiger partial charge in [-0.2, -0.15) is 4.98 Å². The van der Waals surface area contributed by atoms with Crippen LogP contribution in [0.5, 0.6) is 0 Å². The summed E-state index contributed by atoms with van der Waals surface area (Å²) in [5.41, 5.74) is 0. The summed E-state index contributed by atoms with van der Waals surface area (Å²) in [6.07, 6.45) is 0. The number of thiophene rings is 1. The molecule has 0 saturated heterocycles. The van der Waals surface area contributed by atoms with Crippen molar-refractivity contribution in [1.29, 1.82) is 0 Å². The van der Waals surface area contributed by atoms with E-state index in [9.17, 15) is 0 Å². The summed E-state index contributed by atoms with van der Waals surface area (Å²) in [6, 6.07) is 4.26. The molecule has 0 bridgehead atoms. The van der Waals surface area contributed by atoms with Crippen molar-refractivity contribution in [2.75, 3.05) is 5.32 Å². The van der Waals surface area contributed by atoms with E-state index in [1.807, 2.05) is 12.1 Å². The first kappa shape index (κ1) is 9.48. The van der Waals surface area contributed by atoms with Gasteiger partial charge in [0.15, 0.2) is 5.82 Å². The van der Waals surface area contributed by atoms with Gasteiger partial charge in [-0.05, 0) is 19.1 Å². The first-order valence-electron chi connectivity index (χ1n) is 4.02. The zero-order valence-corrected chi connectivity index (χ0v) is 9.02. The Balaban J connectivity index is 1.94. The second-order valence-corrected chi connectivity index (χ2v) is 4.51. The number of aromatic nitrogens is 2. The van der Waals surface area contributed by atoms with Gasteiger partial charge in [0, 0.05) is 4.88 Å². The zero-order valence-electron chi connectivity index (χ0n) is 7.45. The van der Waals surface area contributed by atoms with Crippen LogP contribution in [0.3, 0.4) is 0 Å². The van der Waals surface area contributed by atoms with Gasteiger partial charge in [-0.25, -0.2) is 0 Å². The van der Waals surface area contributed by atoms with Gasteiger partial charge in [-0.1, -0.05) is 16.8 Å². The van der Waals surface area contributed by atoms with E-state index in [0.29, 0.717) is 18.4 Å². The largest absolute Gasteiger partial charge is 0.333 e.